The van der Waals surface area contributed by atoms with Gasteiger partial charge in [-0.15, -0.1) is 6.58 Å². The van der Waals surface area contributed by atoms with Crippen molar-refractivity contribution in [2.45, 2.75) is 50.8 Å². The Kier molecular flexibility index (Phi) is 9.36. The zero-order valence-corrected chi connectivity index (χ0v) is 18.5. The Morgan fingerprint density at radius 2 is 1.69 bits per heavy atom. The first-order chi connectivity index (χ1) is 14.0. The lowest BCUT2D eigenvalue weighted by Gasteiger charge is -2.23. The van der Waals surface area contributed by atoms with Gasteiger partial charge in [-0.25, -0.2) is 8.42 Å². The van der Waals surface area contributed by atoms with Crippen LogP contribution in [0, 0.1) is 6.92 Å². The minimum absolute atomic E-state index is 0.289. The molecule has 4 heteroatoms. The molecule has 0 radical (unpaired) electrons. The molecule has 0 spiro atoms. The number of sulfonamides is 1. The van der Waals surface area contributed by atoms with Crippen molar-refractivity contribution in [2.75, 3.05) is 13.1 Å². The van der Waals surface area contributed by atoms with Crippen molar-refractivity contribution >= 4 is 16.1 Å². The summed E-state index contributed by atoms with van der Waals surface area (Å²) in [5, 5.41) is 0. The van der Waals surface area contributed by atoms with E-state index in [4.69, 9.17) is 0 Å². The van der Waals surface area contributed by atoms with Gasteiger partial charge in [0.2, 0.25) is 10.0 Å². The highest BCUT2D eigenvalue weighted by Gasteiger charge is 2.24. The summed E-state index contributed by atoms with van der Waals surface area (Å²) in [5.41, 5.74) is 3.27. The van der Waals surface area contributed by atoms with Gasteiger partial charge in [0, 0.05) is 13.1 Å². The van der Waals surface area contributed by atoms with Crippen molar-refractivity contribution in [3.63, 3.8) is 0 Å². The van der Waals surface area contributed by atoms with E-state index in [2.05, 4.69) is 31.7 Å². The second-order valence-corrected chi connectivity index (χ2v) is 9.36. The van der Waals surface area contributed by atoms with Gasteiger partial charge in [0.05, 0.1) is 4.90 Å². The fourth-order valence-corrected chi connectivity index (χ4v) is 4.65. The number of hydrogen-bond donors (Lipinski definition) is 0. The van der Waals surface area contributed by atoms with Gasteiger partial charge in [-0.05, 0) is 37.5 Å². The first kappa shape index (κ1) is 23.1. The van der Waals surface area contributed by atoms with Crippen molar-refractivity contribution in [1.82, 2.24) is 4.31 Å². The average Bonchev–Trinajstić information content (AvgIpc) is 2.72. The molecule has 0 atom stereocenters. The maximum Gasteiger partial charge on any atom is 0.243 e. The Labute approximate surface area is 176 Å². The molecule has 2 rings (SSSR count). The molecule has 0 aliphatic heterocycles. The molecule has 2 aromatic carbocycles. The monoisotopic (exact) mass is 411 g/mol. The van der Waals surface area contributed by atoms with E-state index in [1.54, 1.807) is 18.2 Å². The smallest absolute Gasteiger partial charge is 0.207 e. The standard InChI is InChI=1S/C25H33NO2S/c1-4-6-7-9-14-24(20-23-12-10-8-11-13-23)21-26(19-5-2)29(27,28)25-17-15-22(3)16-18-25/h5,8,10-13,15-18,20H,2,4,6-7,9,14,19,21H2,1,3H3/b24-20+. The minimum atomic E-state index is -3.58. The number of hydrogen-bond acceptors (Lipinski definition) is 2. The molecule has 0 aliphatic rings. The van der Waals surface area contributed by atoms with Crippen LogP contribution in [0.2, 0.25) is 0 Å². The number of benzene rings is 2. The molecule has 0 saturated carbocycles. The SMILES string of the molecule is C=CCN(C/C(=C/c1ccccc1)CCCCCC)S(=O)(=O)c1ccc(C)cc1. The highest BCUT2D eigenvalue weighted by atomic mass is 32.2. The summed E-state index contributed by atoms with van der Waals surface area (Å²) in [6.07, 6.45) is 9.30. The molecule has 156 valence electrons. The summed E-state index contributed by atoms with van der Waals surface area (Å²) in [4.78, 5) is 0.329. The third-order valence-electron chi connectivity index (χ3n) is 4.89. The largest absolute Gasteiger partial charge is 0.243 e. The van der Waals surface area contributed by atoms with Gasteiger partial charge in [0.15, 0.2) is 0 Å². The van der Waals surface area contributed by atoms with Crippen LogP contribution in [0.3, 0.4) is 0 Å². The number of nitrogens with zero attached hydrogens (tertiary/aromatic N) is 1. The van der Waals surface area contributed by atoms with Crippen LogP contribution in [0.4, 0.5) is 0 Å². The molecular formula is C25H33NO2S. The Hall–Kier alpha value is -2.17. The van der Waals surface area contributed by atoms with Crippen LogP contribution in [0.25, 0.3) is 6.08 Å². The predicted molar refractivity (Wildman–Crippen MR) is 123 cm³/mol. The minimum Gasteiger partial charge on any atom is -0.207 e. The molecule has 0 fully saturated rings. The molecule has 0 aromatic heterocycles. The van der Waals surface area contributed by atoms with Gasteiger partial charge in [-0.1, -0.05) is 91.9 Å². The number of rotatable bonds is 12. The topological polar surface area (TPSA) is 37.4 Å². The first-order valence-electron chi connectivity index (χ1n) is 10.4. The van der Waals surface area contributed by atoms with E-state index in [0.29, 0.717) is 11.4 Å². The van der Waals surface area contributed by atoms with Gasteiger partial charge < -0.3 is 0 Å². The fourth-order valence-electron chi connectivity index (χ4n) is 3.24. The predicted octanol–water partition coefficient (Wildman–Crippen LogP) is 6.23. The van der Waals surface area contributed by atoms with Crippen molar-refractivity contribution in [1.29, 1.82) is 0 Å². The van der Waals surface area contributed by atoms with Crippen molar-refractivity contribution in [3.05, 3.63) is 84.0 Å². The van der Waals surface area contributed by atoms with E-state index < -0.39 is 10.0 Å². The van der Waals surface area contributed by atoms with Crippen LogP contribution in [0.1, 0.15) is 50.2 Å². The average molecular weight is 412 g/mol. The summed E-state index contributed by atoms with van der Waals surface area (Å²) < 4.78 is 28.0. The number of unbranched alkanes of at least 4 members (excludes halogenated alkanes) is 3. The summed E-state index contributed by atoms with van der Waals surface area (Å²) in [7, 11) is -3.58. The van der Waals surface area contributed by atoms with E-state index in [0.717, 1.165) is 36.0 Å². The highest BCUT2D eigenvalue weighted by Crippen LogP contribution is 2.21. The van der Waals surface area contributed by atoms with E-state index in [1.165, 1.54) is 17.1 Å². The molecule has 0 saturated heterocycles. The Balaban J connectivity index is 2.28. The van der Waals surface area contributed by atoms with Crippen molar-refractivity contribution in [3.8, 4) is 0 Å². The van der Waals surface area contributed by atoms with E-state index in [1.807, 2.05) is 37.3 Å². The molecule has 0 bridgehead atoms. The molecular weight excluding hydrogens is 378 g/mol. The van der Waals surface area contributed by atoms with Crippen LogP contribution in [-0.4, -0.2) is 25.8 Å². The third-order valence-corrected chi connectivity index (χ3v) is 6.72. The second kappa shape index (κ2) is 11.7. The lowest BCUT2D eigenvalue weighted by Crippen LogP contribution is -2.33. The van der Waals surface area contributed by atoms with Crippen LogP contribution in [0.5, 0.6) is 0 Å². The zero-order chi connectivity index (χ0) is 21.1. The highest BCUT2D eigenvalue weighted by molar-refractivity contribution is 7.89. The molecule has 29 heavy (non-hydrogen) atoms. The second-order valence-electron chi connectivity index (χ2n) is 7.42. The van der Waals surface area contributed by atoms with Crippen LogP contribution in [-0.2, 0) is 10.0 Å². The van der Waals surface area contributed by atoms with Crippen LogP contribution < -0.4 is 0 Å². The van der Waals surface area contributed by atoms with Crippen molar-refractivity contribution in [2.24, 2.45) is 0 Å². The van der Waals surface area contributed by atoms with Gasteiger partial charge in [-0.2, -0.15) is 4.31 Å². The summed E-state index contributed by atoms with van der Waals surface area (Å²) in [5.74, 6) is 0. The lowest BCUT2D eigenvalue weighted by atomic mass is 10.0. The van der Waals surface area contributed by atoms with Gasteiger partial charge in [0.1, 0.15) is 0 Å². The number of aryl methyl sites for hydroxylation is 1. The van der Waals surface area contributed by atoms with E-state index in [-0.39, 0.29) is 6.54 Å². The van der Waals surface area contributed by atoms with Crippen LogP contribution in [0.15, 0.2) is 77.7 Å². The third kappa shape index (κ3) is 7.30. The molecule has 0 amide bonds. The van der Waals surface area contributed by atoms with E-state index >= 15 is 0 Å². The fraction of sp³-hybridized carbons (Fsp3) is 0.360. The summed E-state index contributed by atoms with van der Waals surface area (Å²) in [6, 6.07) is 17.1. The maximum atomic E-state index is 13.2. The maximum absolute atomic E-state index is 13.2. The van der Waals surface area contributed by atoms with Crippen molar-refractivity contribution < 1.29 is 8.42 Å². The zero-order valence-electron chi connectivity index (χ0n) is 17.7. The Morgan fingerprint density at radius 3 is 2.31 bits per heavy atom. The molecule has 0 aliphatic carbocycles. The summed E-state index contributed by atoms with van der Waals surface area (Å²) in [6.45, 7) is 8.59. The van der Waals surface area contributed by atoms with Gasteiger partial charge in [0.25, 0.3) is 0 Å². The Bertz CT molecular complexity index is 884. The summed E-state index contributed by atoms with van der Waals surface area (Å²) >= 11 is 0. The molecule has 0 unspecified atom stereocenters. The first-order valence-corrected chi connectivity index (χ1v) is 11.8. The quantitative estimate of drug-likeness (QED) is 0.307. The van der Waals surface area contributed by atoms with E-state index in [9.17, 15) is 8.42 Å². The molecule has 2 aromatic rings. The molecule has 0 N–H and O–H groups in total. The van der Waals surface area contributed by atoms with Gasteiger partial charge >= 0.3 is 0 Å². The molecule has 3 nitrogen and oxygen atoms in total. The lowest BCUT2D eigenvalue weighted by molar-refractivity contribution is 0.461. The normalized spacial score (nSPS) is 12.3. The van der Waals surface area contributed by atoms with Crippen LogP contribution >= 0.6 is 0 Å². The molecule has 0 heterocycles. The van der Waals surface area contributed by atoms with Gasteiger partial charge in [-0.3, -0.25) is 0 Å². The Morgan fingerprint density at radius 1 is 1.00 bits per heavy atom.